The monoisotopic (exact) mass is 878 g/mol. The highest BCUT2D eigenvalue weighted by Gasteiger charge is 2.40. The number of nitrogens with zero attached hydrogens (tertiary/aromatic N) is 10. The highest BCUT2D eigenvalue weighted by Crippen LogP contribution is 2.41. The molecule has 6 heterocycles. The zero-order chi connectivity index (χ0) is 33.3. The van der Waals surface area contributed by atoms with Crippen LogP contribution in [0.5, 0.6) is 0 Å². The second-order valence-electron chi connectivity index (χ2n) is 14.1. The van der Waals surface area contributed by atoms with Crippen LogP contribution in [-0.2, 0) is 4.79 Å². The van der Waals surface area contributed by atoms with Crippen LogP contribution in [0.3, 0.4) is 0 Å². The minimum atomic E-state index is -0.0581. The average Bonchev–Trinajstić information content (AvgIpc) is 3.56. The molecule has 2 saturated heterocycles. The van der Waals surface area contributed by atoms with Crippen LogP contribution in [0.25, 0.3) is 22.1 Å². The summed E-state index contributed by atoms with van der Waals surface area (Å²) in [5.41, 5.74) is 14.2. The SMILES string of the molecule is CC(C(=O)C(C)N1CCN([C@H]2C[C@@H](n3cc(I)c4c(N)ncnc43)C2)CC1)N1CCN([C@H]2C[C@@H](n3cc(I)c4c(N)ncnc43)C2)CC1. The standard InChI is InChI=1S/C33H44I2N12O/c1-19(42-3-7-44(8-4-42)21-11-23(12-21)46-15-25(34)27-30(36)38-17-40-32(27)46)29(48)20(2)43-5-9-45(10-6-43)22-13-24(14-22)47-16-26(35)28-31(37)39-18-41-33(28)47/h15-24H,3-14H2,1-2H3,(H2,36,38,40)(H2,37,39,41)/t19?,20?,21-,22-,23+,24+. The number of hydrogen-bond donors (Lipinski definition) is 2. The first-order chi connectivity index (χ1) is 23.2. The van der Waals surface area contributed by atoms with E-state index in [-0.39, 0.29) is 12.1 Å². The fourth-order valence-electron chi connectivity index (χ4n) is 8.54. The smallest absolute Gasteiger partial charge is 0.166 e. The Kier molecular flexibility index (Phi) is 9.05. The Bertz CT molecular complexity index is 1690. The third-order valence-electron chi connectivity index (χ3n) is 11.8. The van der Waals surface area contributed by atoms with E-state index in [0.29, 0.717) is 41.6 Å². The maximum absolute atomic E-state index is 13.7. The number of anilines is 2. The predicted molar refractivity (Wildman–Crippen MR) is 204 cm³/mol. The van der Waals surface area contributed by atoms with E-state index < -0.39 is 0 Å². The van der Waals surface area contributed by atoms with Crippen molar-refractivity contribution in [1.82, 2.24) is 48.7 Å². The number of nitrogens with two attached hydrogens (primary N) is 2. The summed E-state index contributed by atoms with van der Waals surface area (Å²) in [7, 11) is 0. The van der Waals surface area contributed by atoms with Crippen LogP contribution in [0.1, 0.15) is 51.6 Å². The van der Waals surface area contributed by atoms with Crippen molar-refractivity contribution >= 4 is 84.7 Å². The Balaban J connectivity index is 0.782. The van der Waals surface area contributed by atoms with Crippen LogP contribution in [0.4, 0.5) is 11.6 Å². The molecule has 4 aliphatic rings. The number of rotatable bonds is 8. The second kappa shape index (κ2) is 13.2. The summed E-state index contributed by atoms with van der Waals surface area (Å²) in [5.74, 6) is 1.46. The number of piperazine rings is 2. The molecule has 2 aliphatic heterocycles. The van der Waals surface area contributed by atoms with E-state index in [1.807, 2.05) is 0 Å². The summed E-state index contributed by atoms with van der Waals surface area (Å²) in [6.45, 7) is 12.1. The van der Waals surface area contributed by atoms with E-state index in [4.69, 9.17) is 11.5 Å². The van der Waals surface area contributed by atoms with Gasteiger partial charge in [-0.25, -0.2) is 19.9 Å². The molecule has 8 rings (SSSR count). The molecule has 256 valence electrons. The van der Waals surface area contributed by atoms with Gasteiger partial charge in [-0.2, -0.15) is 0 Å². The van der Waals surface area contributed by atoms with Crippen molar-refractivity contribution in [2.75, 3.05) is 63.8 Å². The van der Waals surface area contributed by atoms with Crippen LogP contribution in [0, 0.1) is 7.14 Å². The first-order valence-corrected chi connectivity index (χ1v) is 19.4. The molecule has 2 saturated carbocycles. The topological polar surface area (TPSA) is 143 Å². The van der Waals surface area contributed by atoms with Gasteiger partial charge in [0.15, 0.2) is 5.78 Å². The maximum Gasteiger partial charge on any atom is 0.166 e. The van der Waals surface area contributed by atoms with Gasteiger partial charge in [0.05, 0.1) is 22.9 Å². The normalized spacial score (nSPS) is 27.6. The lowest BCUT2D eigenvalue weighted by molar-refractivity contribution is -0.130. The van der Waals surface area contributed by atoms with E-state index in [1.54, 1.807) is 12.7 Å². The molecule has 15 heteroatoms. The lowest BCUT2D eigenvalue weighted by Crippen LogP contribution is -2.60. The van der Waals surface area contributed by atoms with Crippen LogP contribution in [0.2, 0.25) is 0 Å². The quantitative estimate of drug-likeness (QED) is 0.252. The van der Waals surface area contributed by atoms with E-state index in [0.717, 1.165) is 107 Å². The molecular weight excluding hydrogens is 834 g/mol. The van der Waals surface area contributed by atoms with Gasteiger partial charge in [0.1, 0.15) is 35.6 Å². The van der Waals surface area contributed by atoms with Gasteiger partial charge in [0.2, 0.25) is 0 Å². The van der Waals surface area contributed by atoms with Crippen LogP contribution >= 0.6 is 45.2 Å². The number of carbonyl (C=O) groups excluding carboxylic acids is 1. The molecule has 2 unspecified atom stereocenters. The molecule has 13 nitrogen and oxygen atoms in total. The highest BCUT2D eigenvalue weighted by atomic mass is 127. The van der Waals surface area contributed by atoms with Crippen molar-refractivity contribution in [3.63, 3.8) is 0 Å². The van der Waals surface area contributed by atoms with Gasteiger partial charge in [0, 0.05) is 96.1 Å². The van der Waals surface area contributed by atoms with Gasteiger partial charge in [0.25, 0.3) is 0 Å². The summed E-state index contributed by atoms with van der Waals surface area (Å²) < 4.78 is 6.81. The molecule has 4 N–H and O–H groups in total. The van der Waals surface area contributed by atoms with Crippen LogP contribution < -0.4 is 11.5 Å². The van der Waals surface area contributed by atoms with E-state index >= 15 is 0 Å². The largest absolute Gasteiger partial charge is 0.383 e. The van der Waals surface area contributed by atoms with E-state index in [2.05, 4.69) is 120 Å². The molecule has 0 amide bonds. The number of ketones is 1. The molecule has 4 fully saturated rings. The van der Waals surface area contributed by atoms with Crippen LogP contribution in [-0.4, -0.2) is 131 Å². The molecular formula is C33H44I2N12O. The maximum atomic E-state index is 13.7. The zero-order valence-electron chi connectivity index (χ0n) is 27.5. The zero-order valence-corrected chi connectivity index (χ0v) is 31.9. The lowest BCUT2D eigenvalue weighted by Gasteiger charge is -2.48. The molecule has 4 aromatic heterocycles. The summed E-state index contributed by atoms with van der Waals surface area (Å²) >= 11 is 4.67. The first kappa shape index (κ1) is 33.0. The van der Waals surface area contributed by atoms with Gasteiger partial charge in [-0.15, -0.1) is 0 Å². The second-order valence-corrected chi connectivity index (χ2v) is 16.5. The number of aromatic nitrogens is 6. The molecule has 4 aromatic rings. The van der Waals surface area contributed by atoms with Crippen molar-refractivity contribution in [2.45, 2.75) is 75.8 Å². The van der Waals surface area contributed by atoms with E-state index in [1.165, 1.54) is 0 Å². The number of carbonyl (C=O) groups is 1. The number of nitrogen functional groups attached to an aromatic ring is 2. The Morgan fingerprint density at radius 2 is 1.02 bits per heavy atom. The van der Waals surface area contributed by atoms with Crippen molar-refractivity contribution in [2.24, 2.45) is 0 Å². The molecule has 48 heavy (non-hydrogen) atoms. The summed E-state index contributed by atoms with van der Waals surface area (Å²) in [6.07, 6.45) is 12.0. The Morgan fingerprint density at radius 3 is 1.40 bits per heavy atom. The molecule has 2 aliphatic carbocycles. The van der Waals surface area contributed by atoms with Gasteiger partial charge in [-0.05, 0) is 84.7 Å². The van der Waals surface area contributed by atoms with Gasteiger partial charge in [-0.1, -0.05) is 0 Å². The summed E-state index contributed by atoms with van der Waals surface area (Å²) in [5, 5.41) is 1.94. The number of hydrogen-bond acceptors (Lipinski definition) is 11. The van der Waals surface area contributed by atoms with Crippen LogP contribution in [0.15, 0.2) is 25.0 Å². The van der Waals surface area contributed by atoms with Gasteiger partial charge < -0.3 is 20.6 Å². The third kappa shape index (κ3) is 5.78. The Labute approximate surface area is 308 Å². The molecule has 0 spiro atoms. The van der Waals surface area contributed by atoms with E-state index in [9.17, 15) is 4.79 Å². The van der Waals surface area contributed by atoms with Crippen molar-refractivity contribution in [3.8, 4) is 0 Å². The molecule has 2 atom stereocenters. The summed E-state index contributed by atoms with van der Waals surface area (Å²) in [6, 6.07) is 1.93. The fraction of sp³-hybridized carbons (Fsp3) is 0.606. The molecule has 0 radical (unpaired) electrons. The minimum absolute atomic E-state index is 0.0581. The lowest BCUT2D eigenvalue weighted by atomic mass is 9.84. The van der Waals surface area contributed by atoms with Crippen molar-refractivity contribution < 1.29 is 4.79 Å². The first-order valence-electron chi connectivity index (χ1n) is 17.2. The fourth-order valence-corrected chi connectivity index (χ4v) is 10.2. The number of Topliss-reactive ketones (excluding diaryl/α,β-unsaturated/α-hetero) is 1. The Morgan fingerprint density at radius 1 is 0.646 bits per heavy atom. The summed E-state index contributed by atoms with van der Waals surface area (Å²) in [4.78, 5) is 41.2. The predicted octanol–water partition coefficient (Wildman–Crippen LogP) is 3.24. The van der Waals surface area contributed by atoms with Gasteiger partial charge >= 0.3 is 0 Å². The highest BCUT2D eigenvalue weighted by molar-refractivity contribution is 14.1. The molecule has 0 aromatic carbocycles. The molecule has 0 bridgehead atoms. The Hall–Kier alpha value is -2.19. The third-order valence-corrected chi connectivity index (χ3v) is 13.4. The van der Waals surface area contributed by atoms with Crippen molar-refractivity contribution in [3.05, 3.63) is 32.2 Å². The van der Waals surface area contributed by atoms with Crippen molar-refractivity contribution in [1.29, 1.82) is 0 Å². The average molecular weight is 879 g/mol. The van der Waals surface area contributed by atoms with Gasteiger partial charge in [-0.3, -0.25) is 24.4 Å². The number of halogens is 2. The minimum Gasteiger partial charge on any atom is -0.383 e. The number of fused-ring (bicyclic) bond motifs is 2.